The Kier molecular flexibility index (Phi) is 5.01. The predicted molar refractivity (Wildman–Crippen MR) is 86.4 cm³/mol. The quantitative estimate of drug-likeness (QED) is 0.920. The monoisotopic (exact) mass is 289 g/mol. The Labute approximate surface area is 128 Å². The highest BCUT2D eigenvalue weighted by Gasteiger charge is 2.33. The molecular weight excluding hydrogens is 262 g/mol. The minimum atomic E-state index is -0.0799. The summed E-state index contributed by atoms with van der Waals surface area (Å²) in [6, 6.07) is 6.74. The number of piperazine rings is 1. The molecule has 0 spiro atoms. The molecule has 2 rings (SSSR count). The van der Waals surface area contributed by atoms with E-state index in [2.05, 4.69) is 49.2 Å². The van der Waals surface area contributed by atoms with Gasteiger partial charge in [-0.1, -0.05) is 23.8 Å². The number of hydrogen-bond acceptors (Lipinski definition) is 3. The van der Waals surface area contributed by atoms with E-state index < -0.39 is 0 Å². The number of hydrogen-bond donors (Lipinski definition) is 1. The normalized spacial score (nSPS) is 21.1. The first-order valence-electron chi connectivity index (χ1n) is 7.66. The number of likely N-dealkylation sites (N-methyl/N-ethyl adjacent to an activating group) is 1. The van der Waals surface area contributed by atoms with Crippen molar-refractivity contribution in [3.05, 3.63) is 34.9 Å². The number of carbonyl (C=O) groups is 1. The number of nitrogens with one attached hydrogen (secondary N) is 1. The molecule has 4 heteroatoms. The second-order valence-electron chi connectivity index (χ2n) is 6.23. The molecule has 1 aliphatic heterocycles. The summed E-state index contributed by atoms with van der Waals surface area (Å²) >= 11 is 0. The van der Waals surface area contributed by atoms with Gasteiger partial charge in [-0.2, -0.15) is 0 Å². The van der Waals surface area contributed by atoms with Gasteiger partial charge in [-0.05, 0) is 31.9 Å². The minimum Gasteiger partial charge on any atom is -0.347 e. The van der Waals surface area contributed by atoms with Crippen LogP contribution in [0.3, 0.4) is 0 Å². The topological polar surface area (TPSA) is 35.6 Å². The molecule has 1 N–H and O–H groups in total. The van der Waals surface area contributed by atoms with Gasteiger partial charge in [0.05, 0.1) is 0 Å². The number of amides is 1. The summed E-state index contributed by atoms with van der Waals surface area (Å²) in [5.74, 6) is 0.180. The molecular formula is C17H27N3O. The van der Waals surface area contributed by atoms with Crippen LogP contribution in [0.5, 0.6) is 0 Å². The van der Waals surface area contributed by atoms with Gasteiger partial charge in [-0.3, -0.25) is 9.69 Å². The van der Waals surface area contributed by atoms with Crippen molar-refractivity contribution in [1.29, 1.82) is 0 Å². The molecule has 1 aromatic rings. The molecule has 2 unspecified atom stereocenters. The van der Waals surface area contributed by atoms with Crippen molar-refractivity contribution in [3.63, 3.8) is 0 Å². The number of nitrogens with zero attached hydrogens (tertiary/aromatic N) is 2. The van der Waals surface area contributed by atoms with Crippen LogP contribution < -0.4 is 5.32 Å². The van der Waals surface area contributed by atoms with E-state index in [1.54, 1.807) is 4.90 Å². The van der Waals surface area contributed by atoms with Gasteiger partial charge < -0.3 is 10.2 Å². The van der Waals surface area contributed by atoms with Crippen molar-refractivity contribution in [1.82, 2.24) is 15.1 Å². The summed E-state index contributed by atoms with van der Waals surface area (Å²) in [5, 5.41) is 3.34. The maximum Gasteiger partial charge on any atom is 0.240 e. The van der Waals surface area contributed by atoms with Gasteiger partial charge in [0.15, 0.2) is 0 Å². The van der Waals surface area contributed by atoms with Gasteiger partial charge in [0, 0.05) is 39.8 Å². The second kappa shape index (κ2) is 6.58. The zero-order chi connectivity index (χ0) is 15.6. The smallest absolute Gasteiger partial charge is 0.240 e. The third kappa shape index (κ3) is 3.44. The van der Waals surface area contributed by atoms with E-state index in [1.807, 2.05) is 14.1 Å². The molecule has 1 aromatic carbocycles. The van der Waals surface area contributed by atoms with Gasteiger partial charge in [0.1, 0.15) is 6.04 Å². The van der Waals surface area contributed by atoms with Crippen molar-refractivity contribution in [2.24, 2.45) is 0 Å². The summed E-state index contributed by atoms with van der Waals surface area (Å²) in [6.07, 6.45) is 0. The van der Waals surface area contributed by atoms with E-state index in [4.69, 9.17) is 0 Å². The average Bonchev–Trinajstić information content (AvgIpc) is 2.48. The van der Waals surface area contributed by atoms with E-state index in [1.165, 1.54) is 16.7 Å². The molecule has 1 saturated heterocycles. The van der Waals surface area contributed by atoms with Gasteiger partial charge in [0.2, 0.25) is 5.91 Å². The molecule has 0 saturated carbocycles. The van der Waals surface area contributed by atoms with Crippen LogP contribution in [-0.4, -0.2) is 55.5 Å². The Morgan fingerprint density at radius 2 is 2.10 bits per heavy atom. The van der Waals surface area contributed by atoms with Crippen LogP contribution in [0.2, 0.25) is 0 Å². The van der Waals surface area contributed by atoms with Crippen molar-refractivity contribution in [2.75, 3.05) is 33.7 Å². The van der Waals surface area contributed by atoms with Crippen LogP contribution in [0.25, 0.3) is 0 Å². The van der Waals surface area contributed by atoms with Crippen molar-refractivity contribution in [3.8, 4) is 0 Å². The maximum absolute atomic E-state index is 12.4. The zero-order valence-corrected chi connectivity index (χ0v) is 13.8. The Bertz CT molecular complexity index is 513. The summed E-state index contributed by atoms with van der Waals surface area (Å²) in [5.41, 5.74) is 3.89. The Morgan fingerprint density at radius 3 is 2.76 bits per heavy atom. The average molecular weight is 289 g/mol. The molecule has 116 valence electrons. The summed E-state index contributed by atoms with van der Waals surface area (Å²) in [7, 11) is 3.66. The standard InChI is InChI=1S/C17H27N3O/c1-12-6-7-13(2)15(10-12)14(3)20-9-8-18-11-16(20)17(21)19(4)5/h6-7,10,14,16,18H,8-9,11H2,1-5H3. The van der Waals surface area contributed by atoms with Gasteiger partial charge >= 0.3 is 0 Å². The number of aryl methyl sites for hydroxylation is 2. The lowest BCUT2D eigenvalue weighted by molar-refractivity contribution is -0.136. The highest BCUT2D eigenvalue weighted by molar-refractivity contribution is 5.81. The molecule has 0 aliphatic carbocycles. The molecule has 21 heavy (non-hydrogen) atoms. The predicted octanol–water partition coefficient (Wildman–Crippen LogP) is 1.73. The first-order chi connectivity index (χ1) is 9.91. The summed E-state index contributed by atoms with van der Waals surface area (Å²) < 4.78 is 0. The lowest BCUT2D eigenvalue weighted by Crippen LogP contribution is -2.58. The largest absolute Gasteiger partial charge is 0.347 e. The van der Waals surface area contributed by atoms with Gasteiger partial charge in [-0.25, -0.2) is 0 Å². The fraction of sp³-hybridized carbons (Fsp3) is 0.588. The zero-order valence-electron chi connectivity index (χ0n) is 13.8. The minimum absolute atomic E-state index is 0.0799. The third-order valence-corrected chi connectivity index (χ3v) is 4.39. The van der Waals surface area contributed by atoms with Crippen LogP contribution in [0.1, 0.15) is 29.7 Å². The lowest BCUT2D eigenvalue weighted by atomic mass is 9.96. The lowest BCUT2D eigenvalue weighted by Gasteiger charge is -2.40. The number of carbonyl (C=O) groups excluding carboxylic acids is 1. The van der Waals surface area contributed by atoms with E-state index in [0.29, 0.717) is 0 Å². The van der Waals surface area contributed by atoms with Gasteiger partial charge in [0.25, 0.3) is 0 Å². The molecule has 0 aromatic heterocycles. The van der Waals surface area contributed by atoms with E-state index in [9.17, 15) is 4.79 Å². The molecule has 1 aliphatic rings. The SMILES string of the molecule is Cc1ccc(C)c(C(C)N2CCNCC2C(=O)N(C)C)c1. The molecule has 4 nitrogen and oxygen atoms in total. The Morgan fingerprint density at radius 1 is 1.38 bits per heavy atom. The fourth-order valence-electron chi connectivity index (χ4n) is 3.10. The molecule has 0 radical (unpaired) electrons. The van der Waals surface area contributed by atoms with Crippen molar-refractivity contribution >= 4 is 5.91 Å². The first kappa shape index (κ1) is 16.0. The molecule has 2 atom stereocenters. The van der Waals surface area contributed by atoms with Crippen molar-refractivity contribution < 1.29 is 4.79 Å². The fourth-order valence-corrected chi connectivity index (χ4v) is 3.10. The second-order valence-corrected chi connectivity index (χ2v) is 6.23. The van der Waals surface area contributed by atoms with E-state index in [-0.39, 0.29) is 18.0 Å². The van der Waals surface area contributed by atoms with Crippen LogP contribution >= 0.6 is 0 Å². The first-order valence-corrected chi connectivity index (χ1v) is 7.66. The molecule has 1 heterocycles. The van der Waals surface area contributed by atoms with Crippen molar-refractivity contribution in [2.45, 2.75) is 32.9 Å². The maximum atomic E-state index is 12.4. The van der Waals surface area contributed by atoms with Crippen LogP contribution in [0, 0.1) is 13.8 Å². The number of benzene rings is 1. The van der Waals surface area contributed by atoms with E-state index in [0.717, 1.165) is 19.6 Å². The highest BCUT2D eigenvalue weighted by atomic mass is 16.2. The van der Waals surface area contributed by atoms with E-state index >= 15 is 0 Å². The Hall–Kier alpha value is -1.39. The Balaban J connectivity index is 2.28. The molecule has 0 bridgehead atoms. The van der Waals surface area contributed by atoms with Gasteiger partial charge in [-0.15, -0.1) is 0 Å². The van der Waals surface area contributed by atoms with Crippen LogP contribution in [0.15, 0.2) is 18.2 Å². The summed E-state index contributed by atoms with van der Waals surface area (Å²) in [4.78, 5) is 16.5. The molecule has 1 amide bonds. The third-order valence-electron chi connectivity index (χ3n) is 4.39. The molecule has 1 fully saturated rings. The van der Waals surface area contributed by atoms with Crippen LogP contribution in [0.4, 0.5) is 0 Å². The van der Waals surface area contributed by atoms with Crippen LogP contribution in [-0.2, 0) is 4.79 Å². The summed E-state index contributed by atoms with van der Waals surface area (Å²) in [6.45, 7) is 9.05. The highest BCUT2D eigenvalue weighted by Crippen LogP contribution is 2.27. The number of rotatable bonds is 3.